The first kappa shape index (κ1) is 11.0. The third kappa shape index (κ3) is 3.75. The number of alkyl halides is 3. The summed E-state index contributed by atoms with van der Waals surface area (Å²) in [6.45, 7) is -2.79. The number of hydrogen-bond donors (Lipinski definition) is 0. The second-order valence-corrected chi connectivity index (χ2v) is 2.82. The van der Waals surface area contributed by atoms with Crippen LogP contribution in [0, 0.1) is 0 Å². The largest absolute Gasteiger partial charge is 0.435 e. The Morgan fingerprint density at radius 1 is 1.43 bits per heavy atom. The first-order valence-electron chi connectivity index (χ1n) is 4.00. The second-order valence-electron chi connectivity index (χ2n) is 2.51. The normalized spacial score (nSPS) is 11.1. The van der Waals surface area contributed by atoms with Crippen molar-refractivity contribution in [1.82, 2.24) is 0 Å². The Morgan fingerprint density at radius 2 is 2.21 bits per heavy atom. The Bertz CT molecular complexity index is 313. The highest BCUT2D eigenvalue weighted by Gasteiger charge is 2.03. The van der Waals surface area contributed by atoms with Gasteiger partial charge in [-0.2, -0.15) is 8.78 Å². The van der Waals surface area contributed by atoms with Crippen LogP contribution in [-0.4, -0.2) is 12.5 Å². The summed E-state index contributed by atoms with van der Waals surface area (Å²) in [5, 5.41) is 0. The summed E-state index contributed by atoms with van der Waals surface area (Å²) in [4.78, 5) is 0. The highest BCUT2D eigenvalue weighted by Crippen LogP contribution is 2.16. The molecule has 0 radical (unpaired) electrons. The van der Waals surface area contributed by atoms with Crippen LogP contribution in [0.25, 0.3) is 6.08 Å². The van der Waals surface area contributed by atoms with Gasteiger partial charge in [0.2, 0.25) is 0 Å². The molecule has 0 aromatic heterocycles. The number of ether oxygens (including phenoxy) is 1. The van der Waals surface area contributed by atoms with E-state index in [0.29, 0.717) is 5.88 Å². The summed E-state index contributed by atoms with van der Waals surface area (Å²) in [6, 6.07) is 6.42. The van der Waals surface area contributed by atoms with Gasteiger partial charge in [0.1, 0.15) is 5.75 Å². The van der Waals surface area contributed by atoms with E-state index in [2.05, 4.69) is 4.74 Å². The van der Waals surface area contributed by atoms with Crippen LogP contribution in [0.2, 0.25) is 0 Å². The molecule has 1 aromatic carbocycles. The first-order chi connectivity index (χ1) is 6.72. The van der Waals surface area contributed by atoms with Gasteiger partial charge in [0.15, 0.2) is 0 Å². The first-order valence-corrected chi connectivity index (χ1v) is 4.53. The molecular weight excluding hydrogens is 210 g/mol. The van der Waals surface area contributed by atoms with Crippen molar-refractivity contribution in [2.45, 2.75) is 6.61 Å². The van der Waals surface area contributed by atoms with Crippen molar-refractivity contribution < 1.29 is 13.5 Å². The lowest BCUT2D eigenvalue weighted by Gasteiger charge is -2.04. The molecule has 0 saturated carbocycles. The lowest BCUT2D eigenvalue weighted by atomic mass is 10.2. The Morgan fingerprint density at radius 3 is 2.86 bits per heavy atom. The van der Waals surface area contributed by atoms with Gasteiger partial charge in [0.25, 0.3) is 0 Å². The van der Waals surface area contributed by atoms with E-state index >= 15 is 0 Å². The highest BCUT2D eigenvalue weighted by molar-refractivity contribution is 6.19. The fraction of sp³-hybridized carbons (Fsp3) is 0.200. The Labute approximate surface area is 85.9 Å². The fourth-order valence-corrected chi connectivity index (χ4v) is 1.06. The van der Waals surface area contributed by atoms with Crippen LogP contribution in [0.3, 0.4) is 0 Å². The summed E-state index contributed by atoms with van der Waals surface area (Å²) in [5.41, 5.74) is 0.781. The topological polar surface area (TPSA) is 9.23 Å². The maximum absolute atomic E-state index is 11.8. The maximum atomic E-state index is 11.8. The predicted molar refractivity (Wildman–Crippen MR) is 52.8 cm³/mol. The molecule has 0 spiro atoms. The lowest BCUT2D eigenvalue weighted by molar-refractivity contribution is -0.0498. The van der Waals surface area contributed by atoms with Gasteiger partial charge in [-0.3, -0.25) is 0 Å². The molecule has 0 atom stereocenters. The van der Waals surface area contributed by atoms with E-state index < -0.39 is 6.61 Å². The van der Waals surface area contributed by atoms with Crippen molar-refractivity contribution in [3.63, 3.8) is 0 Å². The predicted octanol–water partition coefficient (Wildman–Crippen LogP) is 3.54. The molecular formula is C10H9ClF2O. The number of hydrogen-bond acceptors (Lipinski definition) is 1. The van der Waals surface area contributed by atoms with Gasteiger partial charge in [-0.05, 0) is 17.7 Å². The Balaban J connectivity index is 2.73. The maximum Gasteiger partial charge on any atom is 0.387 e. The van der Waals surface area contributed by atoms with Crippen LogP contribution < -0.4 is 4.74 Å². The second kappa shape index (κ2) is 5.60. The number of allylic oxidation sites excluding steroid dienone is 1. The Hall–Kier alpha value is -1.09. The van der Waals surface area contributed by atoms with Crippen LogP contribution in [0.15, 0.2) is 30.3 Å². The van der Waals surface area contributed by atoms with Crippen LogP contribution in [0.1, 0.15) is 5.56 Å². The van der Waals surface area contributed by atoms with E-state index in [-0.39, 0.29) is 5.75 Å². The number of halogens is 3. The summed E-state index contributed by atoms with van der Waals surface area (Å²) in [7, 11) is 0. The summed E-state index contributed by atoms with van der Waals surface area (Å²) in [6.07, 6.45) is 3.47. The van der Waals surface area contributed by atoms with Crippen molar-refractivity contribution in [2.75, 3.05) is 5.88 Å². The zero-order valence-corrected chi connectivity index (χ0v) is 8.05. The van der Waals surface area contributed by atoms with Crippen LogP contribution in [0.5, 0.6) is 5.75 Å². The zero-order chi connectivity index (χ0) is 10.4. The molecule has 0 saturated heterocycles. The van der Waals surface area contributed by atoms with Gasteiger partial charge in [-0.15, -0.1) is 11.6 Å². The SMILES string of the molecule is FC(F)Oc1cccc(C=CCCl)c1. The summed E-state index contributed by atoms with van der Waals surface area (Å²) in [5.74, 6) is 0.539. The molecule has 4 heteroatoms. The van der Waals surface area contributed by atoms with Crippen LogP contribution >= 0.6 is 11.6 Å². The summed E-state index contributed by atoms with van der Waals surface area (Å²) >= 11 is 5.44. The van der Waals surface area contributed by atoms with Crippen molar-refractivity contribution >= 4 is 17.7 Å². The summed E-state index contributed by atoms with van der Waals surface area (Å²) < 4.78 is 27.9. The molecule has 1 nitrogen and oxygen atoms in total. The monoisotopic (exact) mass is 218 g/mol. The van der Waals surface area contributed by atoms with E-state index in [4.69, 9.17) is 11.6 Å². The molecule has 0 fully saturated rings. The number of rotatable bonds is 4. The third-order valence-electron chi connectivity index (χ3n) is 1.48. The van der Waals surface area contributed by atoms with Crippen molar-refractivity contribution in [3.8, 4) is 5.75 Å². The molecule has 0 aliphatic rings. The van der Waals surface area contributed by atoms with Gasteiger partial charge < -0.3 is 4.74 Å². The van der Waals surface area contributed by atoms with E-state index in [1.54, 1.807) is 24.3 Å². The minimum atomic E-state index is -2.79. The van der Waals surface area contributed by atoms with Gasteiger partial charge in [0, 0.05) is 5.88 Å². The van der Waals surface area contributed by atoms with Crippen molar-refractivity contribution in [3.05, 3.63) is 35.9 Å². The minimum Gasteiger partial charge on any atom is -0.435 e. The van der Waals surface area contributed by atoms with Gasteiger partial charge in [0.05, 0.1) is 0 Å². The molecule has 0 bridgehead atoms. The molecule has 76 valence electrons. The molecule has 0 N–H and O–H groups in total. The molecule has 1 aromatic rings. The molecule has 1 rings (SSSR count). The minimum absolute atomic E-state index is 0.150. The standard InChI is InChI=1S/C10H9ClF2O/c11-6-2-4-8-3-1-5-9(7-8)14-10(12)13/h1-5,7,10H,6H2. The molecule has 0 aliphatic carbocycles. The highest BCUT2D eigenvalue weighted by atomic mass is 35.5. The quantitative estimate of drug-likeness (QED) is 0.703. The van der Waals surface area contributed by atoms with E-state index in [0.717, 1.165) is 5.56 Å². The molecule has 0 amide bonds. The smallest absolute Gasteiger partial charge is 0.387 e. The molecule has 0 heterocycles. The molecule has 14 heavy (non-hydrogen) atoms. The van der Waals surface area contributed by atoms with Gasteiger partial charge in [-0.1, -0.05) is 24.3 Å². The molecule has 0 unspecified atom stereocenters. The van der Waals surface area contributed by atoms with E-state index in [9.17, 15) is 8.78 Å². The van der Waals surface area contributed by atoms with Crippen molar-refractivity contribution in [1.29, 1.82) is 0 Å². The lowest BCUT2D eigenvalue weighted by Crippen LogP contribution is -2.01. The van der Waals surface area contributed by atoms with Gasteiger partial charge in [-0.25, -0.2) is 0 Å². The third-order valence-corrected chi connectivity index (χ3v) is 1.66. The van der Waals surface area contributed by atoms with Crippen LogP contribution in [-0.2, 0) is 0 Å². The van der Waals surface area contributed by atoms with Crippen molar-refractivity contribution in [2.24, 2.45) is 0 Å². The average molecular weight is 219 g/mol. The fourth-order valence-electron chi connectivity index (χ4n) is 0.975. The van der Waals surface area contributed by atoms with E-state index in [1.807, 2.05) is 0 Å². The van der Waals surface area contributed by atoms with E-state index in [1.165, 1.54) is 12.1 Å². The average Bonchev–Trinajstić information content (AvgIpc) is 2.14. The zero-order valence-electron chi connectivity index (χ0n) is 7.29. The Kier molecular flexibility index (Phi) is 4.40. The molecule has 0 aliphatic heterocycles. The van der Waals surface area contributed by atoms with Gasteiger partial charge >= 0.3 is 6.61 Å². The number of benzene rings is 1. The van der Waals surface area contributed by atoms with Crippen LogP contribution in [0.4, 0.5) is 8.78 Å².